The highest BCUT2D eigenvalue weighted by Gasteiger charge is 2.20. The van der Waals surface area contributed by atoms with Gasteiger partial charge < -0.3 is 10.1 Å². The maximum Gasteiger partial charge on any atom is 0.261 e. The van der Waals surface area contributed by atoms with E-state index in [1.807, 2.05) is 0 Å². The molecule has 7 heteroatoms. The first-order valence-corrected chi connectivity index (χ1v) is 9.05. The van der Waals surface area contributed by atoms with E-state index in [4.69, 9.17) is 15.4 Å². The molecule has 0 aromatic heterocycles. The lowest BCUT2D eigenvalue weighted by atomic mass is 10.1. The van der Waals surface area contributed by atoms with E-state index in [-0.39, 0.29) is 16.9 Å². The Labute approximate surface area is 129 Å². The minimum absolute atomic E-state index is 0.0203. The van der Waals surface area contributed by atoms with Crippen LogP contribution in [0.3, 0.4) is 0 Å². The molecular weight excluding hydrogens is 314 g/mol. The van der Waals surface area contributed by atoms with Crippen molar-refractivity contribution in [1.82, 2.24) is 0 Å². The van der Waals surface area contributed by atoms with E-state index < -0.39 is 9.05 Å². The van der Waals surface area contributed by atoms with Crippen LogP contribution in [0.5, 0.6) is 0 Å². The monoisotopic (exact) mass is 331 g/mol. The van der Waals surface area contributed by atoms with E-state index >= 15 is 0 Å². The van der Waals surface area contributed by atoms with Crippen LogP contribution in [-0.2, 0) is 18.6 Å². The molecule has 0 saturated carbocycles. The number of aryl methyl sites for hydroxylation is 2. The van der Waals surface area contributed by atoms with E-state index in [9.17, 15) is 13.2 Å². The lowest BCUT2D eigenvalue weighted by molar-refractivity contribution is -0.118. The number of halogens is 1. The minimum atomic E-state index is -3.77. The van der Waals surface area contributed by atoms with E-state index in [0.29, 0.717) is 29.8 Å². The molecule has 0 spiro atoms. The predicted octanol–water partition coefficient (Wildman–Crippen LogP) is 2.74. The first-order chi connectivity index (χ1) is 9.77. The molecule has 1 saturated heterocycles. The van der Waals surface area contributed by atoms with Gasteiger partial charge in [-0.2, -0.15) is 0 Å². The SMILES string of the molecule is Cc1cc(S(=O)(=O)Cl)cc(C)c1NC(=O)CC1CCCO1. The van der Waals surface area contributed by atoms with Gasteiger partial charge in [0.1, 0.15) is 0 Å². The topological polar surface area (TPSA) is 72.5 Å². The van der Waals surface area contributed by atoms with Crippen molar-refractivity contribution in [2.45, 2.75) is 44.1 Å². The van der Waals surface area contributed by atoms with Gasteiger partial charge in [-0.15, -0.1) is 0 Å². The zero-order chi connectivity index (χ0) is 15.6. The molecule has 0 radical (unpaired) electrons. The average Bonchev–Trinajstić information content (AvgIpc) is 2.85. The first-order valence-electron chi connectivity index (χ1n) is 6.75. The molecule has 1 aromatic rings. The number of hydrogen-bond acceptors (Lipinski definition) is 4. The standard InChI is InChI=1S/C14H18ClNO4S/c1-9-6-12(21(15,18)19)7-10(2)14(9)16-13(17)8-11-4-3-5-20-11/h6-7,11H,3-5,8H2,1-2H3,(H,16,17). The summed E-state index contributed by atoms with van der Waals surface area (Å²) in [4.78, 5) is 12.1. The number of anilines is 1. The molecule has 1 N–H and O–H groups in total. The summed E-state index contributed by atoms with van der Waals surface area (Å²) in [6.45, 7) is 4.18. The van der Waals surface area contributed by atoms with Crippen molar-refractivity contribution in [3.05, 3.63) is 23.3 Å². The maximum absolute atomic E-state index is 12.0. The van der Waals surface area contributed by atoms with Gasteiger partial charge in [-0.3, -0.25) is 4.79 Å². The van der Waals surface area contributed by atoms with Gasteiger partial charge in [0.05, 0.1) is 17.4 Å². The molecule has 1 fully saturated rings. The second kappa shape index (κ2) is 6.34. The third-order valence-corrected chi connectivity index (χ3v) is 4.82. The van der Waals surface area contributed by atoms with Gasteiger partial charge in [0.2, 0.25) is 5.91 Å². The molecule has 2 rings (SSSR count). The summed E-state index contributed by atoms with van der Waals surface area (Å²) in [7, 11) is 1.57. The summed E-state index contributed by atoms with van der Waals surface area (Å²) < 4.78 is 28.2. The van der Waals surface area contributed by atoms with Crippen LogP contribution >= 0.6 is 10.7 Å². The normalized spacial score (nSPS) is 18.7. The Morgan fingerprint density at radius 3 is 2.48 bits per heavy atom. The van der Waals surface area contributed by atoms with Gasteiger partial charge in [-0.05, 0) is 49.9 Å². The summed E-state index contributed by atoms with van der Waals surface area (Å²) in [6, 6.07) is 2.91. The largest absolute Gasteiger partial charge is 0.378 e. The Kier molecular flexibility index (Phi) is 4.91. The highest BCUT2D eigenvalue weighted by atomic mass is 35.7. The van der Waals surface area contributed by atoms with Crippen LogP contribution in [0.25, 0.3) is 0 Å². The fourth-order valence-corrected chi connectivity index (χ4v) is 3.37. The van der Waals surface area contributed by atoms with E-state index in [0.717, 1.165) is 12.8 Å². The van der Waals surface area contributed by atoms with Gasteiger partial charge in [0.25, 0.3) is 9.05 Å². The van der Waals surface area contributed by atoms with Gasteiger partial charge >= 0.3 is 0 Å². The minimum Gasteiger partial charge on any atom is -0.378 e. The Morgan fingerprint density at radius 1 is 1.38 bits per heavy atom. The Bertz CT molecular complexity index is 628. The Morgan fingerprint density at radius 2 is 2.00 bits per heavy atom. The van der Waals surface area contributed by atoms with Crippen molar-refractivity contribution in [2.24, 2.45) is 0 Å². The summed E-state index contributed by atoms with van der Waals surface area (Å²) in [5.41, 5.74) is 1.95. The van der Waals surface area contributed by atoms with E-state index in [1.54, 1.807) is 13.8 Å². The average molecular weight is 332 g/mol. The van der Waals surface area contributed by atoms with Crippen molar-refractivity contribution in [1.29, 1.82) is 0 Å². The molecule has 5 nitrogen and oxygen atoms in total. The molecule has 21 heavy (non-hydrogen) atoms. The number of nitrogens with one attached hydrogen (secondary N) is 1. The van der Waals surface area contributed by atoms with Crippen molar-refractivity contribution < 1.29 is 17.9 Å². The fourth-order valence-electron chi connectivity index (χ4n) is 2.46. The second-order valence-electron chi connectivity index (χ2n) is 5.26. The van der Waals surface area contributed by atoms with Crippen LogP contribution in [0.15, 0.2) is 17.0 Å². The van der Waals surface area contributed by atoms with Crippen LogP contribution in [0.1, 0.15) is 30.4 Å². The number of carbonyl (C=O) groups is 1. The van der Waals surface area contributed by atoms with Crippen LogP contribution in [0.2, 0.25) is 0 Å². The first kappa shape index (κ1) is 16.3. The molecular formula is C14H18ClNO4S. The van der Waals surface area contributed by atoms with Gasteiger partial charge in [-0.1, -0.05) is 0 Å². The number of carbonyl (C=O) groups excluding carboxylic acids is 1. The Hall–Kier alpha value is -1.11. The lowest BCUT2D eigenvalue weighted by Gasteiger charge is -2.14. The highest BCUT2D eigenvalue weighted by molar-refractivity contribution is 8.13. The number of amides is 1. The zero-order valence-corrected chi connectivity index (χ0v) is 13.6. The number of ether oxygens (including phenoxy) is 1. The smallest absolute Gasteiger partial charge is 0.261 e. The van der Waals surface area contributed by atoms with Crippen LogP contribution in [0, 0.1) is 13.8 Å². The summed E-state index contributed by atoms with van der Waals surface area (Å²) in [6.07, 6.45) is 2.18. The number of rotatable bonds is 4. The van der Waals surface area contributed by atoms with E-state index in [2.05, 4.69) is 5.32 Å². The lowest BCUT2D eigenvalue weighted by Crippen LogP contribution is -2.20. The van der Waals surface area contributed by atoms with Crippen LogP contribution in [-0.4, -0.2) is 27.0 Å². The quantitative estimate of drug-likeness (QED) is 0.861. The maximum atomic E-state index is 12.0. The highest BCUT2D eigenvalue weighted by Crippen LogP contribution is 2.27. The molecule has 1 atom stereocenters. The van der Waals surface area contributed by atoms with Crippen molar-refractivity contribution >= 4 is 31.3 Å². The van der Waals surface area contributed by atoms with Gasteiger partial charge in [0.15, 0.2) is 0 Å². The molecule has 0 bridgehead atoms. The molecule has 1 unspecified atom stereocenters. The molecule has 116 valence electrons. The predicted molar refractivity (Wildman–Crippen MR) is 81.2 cm³/mol. The molecule has 1 heterocycles. The zero-order valence-electron chi connectivity index (χ0n) is 12.0. The molecule has 1 aromatic carbocycles. The van der Waals surface area contributed by atoms with Gasteiger partial charge in [-0.25, -0.2) is 8.42 Å². The van der Waals surface area contributed by atoms with Crippen molar-refractivity contribution in [2.75, 3.05) is 11.9 Å². The van der Waals surface area contributed by atoms with Crippen LogP contribution in [0.4, 0.5) is 5.69 Å². The third-order valence-electron chi connectivity index (χ3n) is 3.49. The summed E-state index contributed by atoms with van der Waals surface area (Å²) >= 11 is 0. The second-order valence-corrected chi connectivity index (χ2v) is 7.82. The fraction of sp³-hybridized carbons (Fsp3) is 0.500. The van der Waals surface area contributed by atoms with Crippen LogP contribution < -0.4 is 5.32 Å². The molecule has 1 aliphatic rings. The number of benzene rings is 1. The van der Waals surface area contributed by atoms with Crippen molar-refractivity contribution in [3.8, 4) is 0 Å². The summed E-state index contributed by atoms with van der Waals surface area (Å²) in [5.74, 6) is -0.130. The number of hydrogen-bond donors (Lipinski definition) is 1. The van der Waals surface area contributed by atoms with Gasteiger partial charge in [0, 0.05) is 23.0 Å². The molecule has 1 aliphatic heterocycles. The van der Waals surface area contributed by atoms with Crippen molar-refractivity contribution in [3.63, 3.8) is 0 Å². The molecule has 0 aliphatic carbocycles. The van der Waals surface area contributed by atoms with E-state index in [1.165, 1.54) is 12.1 Å². The Balaban J connectivity index is 2.14. The molecule has 1 amide bonds. The summed E-state index contributed by atoms with van der Waals surface area (Å²) in [5, 5.41) is 2.83. The third kappa shape index (κ3) is 4.18.